The molecule has 1 rings (SSSR count). The number of ether oxygens (including phenoxy) is 1. The minimum Gasteiger partial charge on any atom is -0.491 e. The Labute approximate surface area is 89.5 Å². The smallest absolute Gasteiger partial charge is 0.121 e. The van der Waals surface area contributed by atoms with Gasteiger partial charge >= 0.3 is 0 Å². The molecule has 0 spiro atoms. The molecule has 0 fully saturated rings. The van der Waals surface area contributed by atoms with E-state index in [1.54, 1.807) is 18.2 Å². The van der Waals surface area contributed by atoms with Crippen LogP contribution in [0.15, 0.2) is 18.2 Å². The van der Waals surface area contributed by atoms with E-state index in [-0.39, 0.29) is 6.10 Å². The predicted octanol–water partition coefficient (Wildman–Crippen LogP) is 2.61. The molecule has 3 nitrogen and oxygen atoms in total. The van der Waals surface area contributed by atoms with Crippen LogP contribution in [0.3, 0.4) is 0 Å². The van der Waals surface area contributed by atoms with Crippen LogP contribution < -0.4 is 4.74 Å². The summed E-state index contributed by atoms with van der Waals surface area (Å²) < 4.78 is 5.54. The van der Waals surface area contributed by atoms with E-state index in [0.29, 0.717) is 16.9 Å². The van der Waals surface area contributed by atoms with Crippen LogP contribution in [0.1, 0.15) is 31.4 Å². The SMILES string of the molecule is CCC(C)Oc1ccc(C#N)c(C#N)c1. The van der Waals surface area contributed by atoms with Crippen molar-refractivity contribution in [3.8, 4) is 17.9 Å². The normalized spacial score (nSPS) is 11.2. The van der Waals surface area contributed by atoms with Crippen molar-refractivity contribution < 1.29 is 4.74 Å². The van der Waals surface area contributed by atoms with Gasteiger partial charge in [-0.3, -0.25) is 0 Å². The molecule has 76 valence electrons. The molecule has 0 N–H and O–H groups in total. The van der Waals surface area contributed by atoms with E-state index in [1.807, 2.05) is 26.0 Å². The summed E-state index contributed by atoms with van der Waals surface area (Å²) in [7, 11) is 0. The highest BCUT2D eigenvalue weighted by atomic mass is 16.5. The van der Waals surface area contributed by atoms with Crippen molar-refractivity contribution in [2.24, 2.45) is 0 Å². The standard InChI is InChI=1S/C12H12N2O/c1-3-9(2)15-12-5-4-10(7-13)11(6-12)8-14/h4-6,9H,3H2,1-2H3. The Bertz CT molecular complexity index is 426. The molecule has 0 amide bonds. The second kappa shape index (κ2) is 5.02. The molecular formula is C12H12N2O. The molecule has 0 aliphatic rings. The Morgan fingerprint density at radius 1 is 1.27 bits per heavy atom. The molecule has 1 unspecified atom stereocenters. The summed E-state index contributed by atoms with van der Waals surface area (Å²) >= 11 is 0. The number of hydrogen-bond donors (Lipinski definition) is 0. The average molecular weight is 200 g/mol. The maximum absolute atomic E-state index is 8.81. The van der Waals surface area contributed by atoms with Gasteiger partial charge < -0.3 is 4.74 Å². The van der Waals surface area contributed by atoms with Crippen LogP contribution in [-0.4, -0.2) is 6.10 Å². The third kappa shape index (κ3) is 2.72. The quantitative estimate of drug-likeness (QED) is 0.753. The van der Waals surface area contributed by atoms with E-state index in [9.17, 15) is 0 Å². The lowest BCUT2D eigenvalue weighted by Gasteiger charge is -2.12. The number of nitriles is 2. The summed E-state index contributed by atoms with van der Waals surface area (Å²) in [6.07, 6.45) is 1.02. The molecule has 1 aromatic carbocycles. The van der Waals surface area contributed by atoms with E-state index >= 15 is 0 Å². The van der Waals surface area contributed by atoms with E-state index in [2.05, 4.69) is 0 Å². The second-order valence-corrected chi connectivity index (χ2v) is 3.27. The first-order chi connectivity index (χ1) is 7.21. The molecule has 1 aromatic rings. The first kappa shape index (κ1) is 11.1. The minimum absolute atomic E-state index is 0.115. The van der Waals surface area contributed by atoms with Crippen molar-refractivity contribution in [1.82, 2.24) is 0 Å². The van der Waals surface area contributed by atoms with Gasteiger partial charge in [0, 0.05) is 0 Å². The van der Waals surface area contributed by atoms with Gasteiger partial charge in [-0.25, -0.2) is 0 Å². The summed E-state index contributed by atoms with van der Waals surface area (Å²) in [4.78, 5) is 0. The van der Waals surface area contributed by atoms with Crippen LogP contribution in [-0.2, 0) is 0 Å². The van der Waals surface area contributed by atoms with Gasteiger partial charge in [-0.05, 0) is 31.5 Å². The van der Waals surface area contributed by atoms with Crippen molar-refractivity contribution in [1.29, 1.82) is 10.5 Å². The van der Waals surface area contributed by atoms with E-state index in [4.69, 9.17) is 15.3 Å². The molecule has 0 saturated carbocycles. The zero-order valence-electron chi connectivity index (χ0n) is 8.82. The van der Waals surface area contributed by atoms with Gasteiger partial charge in [0.15, 0.2) is 0 Å². The summed E-state index contributed by atoms with van der Waals surface area (Å²) in [6, 6.07) is 8.86. The summed E-state index contributed by atoms with van der Waals surface area (Å²) in [5, 5.41) is 17.5. The van der Waals surface area contributed by atoms with E-state index in [0.717, 1.165) is 6.42 Å². The summed E-state index contributed by atoms with van der Waals surface area (Å²) in [5.41, 5.74) is 0.743. The predicted molar refractivity (Wildman–Crippen MR) is 56.3 cm³/mol. The molecule has 0 heterocycles. The molecule has 0 aromatic heterocycles. The highest BCUT2D eigenvalue weighted by Crippen LogP contribution is 2.18. The molecule has 0 bridgehead atoms. The zero-order valence-corrected chi connectivity index (χ0v) is 8.82. The number of nitrogens with zero attached hydrogens (tertiary/aromatic N) is 2. The molecule has 1 atom stereocenters. The van der Waals surface area contributed by atoms with E-state index in [1.165, 1.54) is 0 Å². The fourth-order valence-electron chi connectivity index (χ4n) is 1.10. The first-order valence-electron chi connectivity index (χ1n) is 4.82. The molecular weight excluding hydrogens is 188 g/mol. The third-order valence-corrected chi connectivity index (χ3v) is 2.14. The number of benzene rings is 1. The van der Waals surface area contributed by atoms with Crippen LogP contribution in [0, 0.1) is 22.7 Å². The molecule has 0 radical (unpaired) electrons. The Morgan fingerprint density at radius 3 is 2.47 bits per heavy atom. The van der Waals surface area contributed by atoms with Gasteiger partial charge in [0.1, 0.15) is 17.9 Å². The van der Waals surface area contributed by atoms with Gasteiger partial charge in [-0.15, -0.1) is 0 Å². The monoisotopic (exact) mass is 200 g/mol. The maximum atomic E-state index is 8.81. The van der Waals surface area contributed by atoms with Crippen molar-refractivity contribution >= 4 is 0 Å². The topological polar surface area (TPSA) is 56.8 Å². The van der Waals surface area contributed by atoms with Crippen LogP contribution in [0.4, 0.5) is 0 Å². The summed E-state index contributed by atoms with van der Waals surface area (Å²) in [5.74, 6) is 0.639. The highest BCUT2D eigenvalue weighted by molar-refractivity contribution is 5.49. The Kier molecular flexibility index (Phi) is 3.71. The van der Waals surface area contributed by atoms with Crippen molar-refractivity contribution in [3.05, 3.63) is 29.3 Å². The summed E-state index contributed by atoms with van der Waals surface area (Å²) in [6.45, 7) is 3.99. The average Bonchev–Trinajstić information content (AvgIpc) is 2.28. The Morgan fingerprint density at radius 2 is 1.93 bits per heavy atom. The molecule has 15 heavy (non-hydrogen) atoms. The fourth-order valence-corrected chi connectivity index (χ4v) is 1.10. The zero-order chi connectivity index (χ0) is 11.3. The van der Waals surface area contributed by atoms with Crippen LogP contribution >= 0.6 is 0 Å². The molecule has 0 aliphatic carbocycles. The largest absolute Gasteiger partial charge is 0.491 e. The molecule has 3 heteroatoms. The van der Waals surface area contributed by atoms with E-state index < -0.39 is 0 Å². The number of rotatable bonds is 3. The molecule has 0 aliphatic heterocycles. The van der Waals surface area contributed by atoms with Gasteiger partial charge in [-0.2, -0.15) is 10.5 Å². The Balaban J connectivity index is 2.96. The van der Waals surface area contributed by atoms with Crippen molar-refractivity contribution in [2.45, 2.75) is 26.4 Å². The highest BCUT2D eigenvalue weighted by Gasteiger charge is 2.05. The lowest BCUT2D eigenvalue weighted by Crippen LogP contribution is -2.09. The number of hydrogen-bond acceptors (Lipinski definition) is 3. The molecule has 0 saturated heterocycles. The maximum Gasteiger partial charge on any atom is 0.121 e. The lowest BCUT2D eigenvalue weighted by molar-refractivity contribution is 0.217. The van der Waals surface area contributed by atoms with Crippen LogP contribution in [0.2, 0.25) is 0 Å². The minimum atomic E-state index is 0.115. The van der Waals surface area contributed by atoms with Gasteiger partial charge in [0.25, 0.3) is 0 Å². The van der Waals surface area contributed by atoms with Gasteiger partial charge in [-0.1, -0.05) is 6.92 Å². The van der Waals surface area contributed by atoms with Crippen LogP contribution in [0.5, 0.6) is 5.75 Å². The van der Waals surface area contributed by atoms with Crippen LogP contribution in [0.25, 0.3) is 0 Å². The van der Waals surface area contributed by atoms with Gasteiger partial charge in [0.05, 0.1) is 17.2 Å². The third-order valence-electron chi connectivity index (χ3n) is 2.14. The fraction of sp³-hybridized carbons (Fsp3) is 0.333. The Hall–Kier alpha value is -2.00. The lowest BCUT2D eigenvalue weighted by atomic mass is 10.1. The second-order valence-electron chi connectivity index (χ2n) is 3.27. The van der Waals surface area contributed by atoms with Crippen molar-refractivity contribution in [2.75, 3.05) is 0 Å². The van der Waals surface area contributed by atoms with Gasteiger partial charge in [0.2, 0.25) is 0 Å². The first-order valence-corrected chi connectivity index (χ1v) is 4.82. The van der Waals surface area contributed by atoms with Crippen molar-refractivity contribution in [3.63, 3.8) is 0 Å².